The first-order valence-corrected chi connectivity index (χ1v) is 5.94. The lowest BCUT2D eigenvalue weighted by atomic mass is 9.69. The van der Waals surface area contributed by atoms with E-state index in [1.807, 2.05) is 31.2 Å². The van der Waals surface area contributed by atoms with E-state index in [2.05, 4.69) is 0 Å². The van der Waals surface area contributed by atoms with Crippen molar-refractivity contribution >= 4 is 5.97 Å². The van der Waals surface area contributed by atoms with E-state index in [4.69, 9.17) is 0 Å². The number of rotatable bonds is 2. The zero-order valence-electron chi connectivity index (χ0n) is 9.66. The van der Waals surface area contributed by atoms with Crippen LogP contribution in [0.1, 0.15) is 43.2 Å². The molecule has 2 rings (SSSR count). The number of hydrogen-bond acceptors (Lipinski definition) is 2. The van der Waals surface area contributed by atoms with Crippen molar-refractivity contribution in [2.24, 2.45) is 0 Å². The third kappa shape index (κ3) is 1.84. The molecule has 2 nitrogen and oxygen atoms in total. The van der Waals surface area contributed by atoms with Crippen molar-refractivity contribution in [3.8, 4) is 0 Å². The van der Waals surface area contributed by atoms with Crippen LogP contribution in [0.2, 0.25) is 0 Å². The molecule has 0 spiro atoms. The Morgan fingerprint density at radius 2 is 1.69 bits per heavy atom. The van der Waals surface area contributed by atoms with E-state index in [0.29, 0.717) is 0 Å². The fourth-order valence-electron chi connectivity index (χ4n) is 2.64. The van der Waals surface area contributed by atoms with Gasteiger partial charge in [-0.3, -0.25) is 0 Å². The molecule has 16 heavy (non-hydrogen) atoms. The lowest BCUT2D eigenvalue weighted by Crippen LogP contribution is -2.47. The average Bonchev–Trinajstić information content (AvgIpc) is 2.30. The Bertz CT molecular complexity index is 372. The van der Waals surface area contributed by atoms with Crippen LogP contribution in [0.25, 0.3) is 0 Å². The van der Waals surface area contributed by atoms with Gasteiger partial charge in [0.25, 0.3) is 0 Å². The molecule has 0 N–H and O–H groups in total. The van der Waals surface area contributed by atoms with E-state index in [1.165, 1.54) is 0 Å². The van der Waals surface area contributed by atoms with Crippen LogP contribution in [0, 0.1) is 6.92 Å². The molecule has 0 aromatic heterocycles. The lowest BCUT2D eigenvalue weighted by Gasteiger charge is -2.38. The minimum absolute atomic E-state index is 0.721. The van der Waals surface area contributed by atoms with Crippen molar-refractivity contribution in [3.05, 3.63) is 35.4 Å². The van der Waals surface area contributed by atoms with Gasteiger partial charge in [-0.25, -0.2) is 0 Å². The van der Waals surface area contributed by atoms with Crippen molar-refractivity contribution in [2.75, 3.05) is 0 Å². The maximum absolute atomic E-state index is 11.5. The predicted molar refractivity (Wildman–Crippen MR) is 60.9 cm³/mol. The van der Waals surface area contributed by atoms with Crippen molar-refractivity contribution in [3.63, 3.8) is 0 Å². The normalized spacial score (nSPS) is 19.3. The monoisotopic (exact) mass is 217 g/mol. The molecule has 0 atom stereocenters. The number of aliphatic carboxylic acids is 1. The Kier molecular flexibility index (Phi) is 2.99. The molecule has 86 valence electrons. The Labute approximate surface area is 96.3 Å². The van der Waals surface area contributed by atoms with Gasteiger partial charge in [0, 0.05) is 5.41 Å². The van der Waals surface area contributed by atoms with Crippen molar-refractivity contribution in [2.45, 2.75) is 44.4 Å². The molecule has 0 heterocycles. The van der Waals surface area contributed by atoms with Crippen molar-refractivity contribution < 1.29 is 9.90 Å². The number of carbonyl (C=O) groups excluding carboxylic acids is 1. The van der Waals surface area contributed by atoms with Crippen LogP contribution in [0.15, 0.2) is 24.3 Å². The number of hydrogen-bond donors (Lipinski definition) is 0. The second-order valence-corrected chi connectivity index (χ2v) is 4.80. The highest BCUT2D eigenvalue weighted by Crippen LogP contribution is 2.39. The van der Waals surface area contributed by atoms with E-state index in [0.717, 1.165) is 43.2 Å². The smallest absolute Gasteiger partial charge is 0.0520 e. The summed E-state index contributed by atoms with van der Waals surface area (Å²) in [7, 11) is 0. The summed E-state index contributed by atoms with van der Waals surface area (Å²) in [4.78, 5) is 11.5. The summed E-state index contributed by atoms with van der Waals surface area (Å²) >= 11 is 0. The minimum Gasteiger partial charge on any atom is -0.549 e. The van der Waals surface area contributed by atoms with E-state index in [-0.39, 0.29) is 0 Å². The molecule has 0 unspecified atom stereocenters. The van der Waals surface area contributed by atoms with Gasteiger partial charge < -0.3 is 9.90 Å². The van der Waals surface area contributed by atoms with Gasteiger partial charge in [0.1, 0.15) is 0 Å². The topological polar surface area (TPSA) is 40.1 Å². The molecule has 1 saturated carbocycles. The summed E-state index contributed by atoms with van der Waals surface area (Å²) < 4.78 is 0. The van der Waals surface area contributed by atoms with E-state index < -0.39 is 11.4 Å². The summed E-state index contributed by atoms with van der Waals surface area (Å²) in [6.07, 6.45) is 4.56. The maximum Gasteiger partial charge on any atom is 0.0520 e. The van der Waals surface area contributed by atoms with Gasteiger partial charge in [0.2, 0.25) is 0 Å². The molecule has 0 aliphatic heterocycles. The fraction of sp³-hybridized carbons (Fsp3) is 0.500. The molecule has 2 heteroatoms. The first-order chi connectivity index (χ1) is 7.65. The maximum atomic E-state index is 11.5. The summed E-state index contributed by atoms with van der Waals surface area (Å²) in [5.74, 6) is -0.906. The predicted octanol–water partition coefficient (Wildman–Crippen LogP) is 1.95. The molecule has 1 aliphatic carbocycles. The molecule has 0 radical (unpaired) electrons. The summed E-state index contributed by atoms with van der Waals surface area (Å²) in [6.45, 7) is 2.01. The Balaban J connectivity index is 2.38. The molecule has 1 aromatic rings. The second-order valence-electron chi connectivity index (χ2n) is 4.80. The van der Waals surface area contributed by atoms with E-state index in [9.17, 15) is 9.90 Å². The zero-order valence-corrected chi connectivity index (χ0v) is 9.66. The Morgan fingerprint density at radius 3 is 2.19 bits per heavy atom. The molecule has 0 amide bonds. The largest absolute Gasteiger partial charge is 0.549 e. The summed E-state index contributed by atoms with van der Waals surface area (Å²) in [5.41, 5.74) is 1.34. The van der Waals surface area contributed by atoms with Crippen LogP contribution in [-0.2, 0) is 10.2 Å². The van der Waals surface area contributed by atoms with Crippen LogP contribution in [0.3, 0.4) is 0 Å². The molecule has 0 bridgehead atoms. The molecule has 1 fully saturated rings. The van der Waals surface area contributed by atoms with Crippen LogP contribution in [0.5, 0.6) is 0 Å². The third-order valence-electron chi connectivity index (χ3n) is 3.70. The van der Waals surface area contributed by atoms with Gasteiger partial charge in [-0.15, -0.1) is 0 Å². The summed E-state index contributed by atoms with van der Waals surface area (Å²) in [5, 5.41) is 11.5. The van der Waals surface area contributed by atoms with Gasteiger partial charge >= 0.3 is 0 Å². The van der Waals surface area contributed by atoms with E-state index in [1.54, 1.807) is 0 Å². The van der Waals surface area contributed by atoms with Crippen LogP contribution >= 0.6 is 0 Å². The molecule has 1 aliphatic rings. The van der Waals surface area contributed by atoms with E-state index >= 15 is 0 Å². The van der Waals surface area contributed by atoms with Gasteiger partial charge in [-0.2, -0.15) is 0 Å². The van der Waals surface area contributed by atoms with Crippen LogP contribution < -0.4 is 5.11 Å². The van der Waals surface area contributed by atoms with Crippen LogP contribution in [-0.4, -0.2) is 5.97 Å². The Hall–Kier alpha value is -1.31. The first kappa shape index (κ1) is 11.2. The van der Waals surface area contributed by atoms with Crippen LogP contribution in [0.4, 0.5) is 0 Å². The van der Waals surface area contributed by atoms with Gasteiger partial charge in [-0.05, 0) is 25.3 Å². The number of carbonyl (C=O) groups is 1. The number of carboxylic acid groups (broad SMARTS) is 1. The minimum atomic E-state index is -0.906. The van der Waals surface area contributed by atoms with Gasteiger partial charge in [0.15, 0.2) is 0 Å². The fourth-order valence-corrected chi connectivity index (χ4v) is 2.64. The number of benzene rings is 1. The van der Waals surface area contributed by atoms with Gasteiger partial charge in [0.05, 0.1) is 5.97 Å². The standard InChI is InChI=1S/C14H18O2/c1-11-5-7-12(8-6-11)14(13(15)16)9-3-2-4-10-14/h5-8H,2-4,9-10H2,1H3,(H,15,16)/p-1. The molecular formula is C14H17O2-. The highest BCUT2D eigenvalue weighted by molar-refractivity contribution is 5.79. The second kappa shape index (κ2) is 4.28. The average molecular weight is 217 g/mol. The highest BCUT2D eigenvalue weighted by Gasteiger charge is 2.35. The van der Waals surface area contributed by atoms with Crippen molar-refractivity contribution in [1.82, 2.24) is 0 Å². The Morgan fingerprint density at radius 1 is 1.12 bits per heavy atom. The summed E-state index contributed by atoms with van der Waals surface area (Å²) in [6, 6.07) is 7.84. The zero-order chi connectivity index (χ0) is 11.6. The SMILES string of the molecule is Cc1ccc(C2(C(=O)[O-])CCCCC2)cc1. The molecular weight excluding hydrogens is 200 g/mol. The first-order valence-electron chi connectivity index (χ1n) is 5.94. The van der Waals surface area contributed by atoms with Gasteiger partial charge in [-0.1, -0.05) is 49.1 Å². The van der Waals surface area contributed by atoms with Crippen molar-refractivity contribution in [1.29, 1.82) is 0 Å². The molecule has 0 saturated heterocycles. The number of carboxylic acids is 1. The lowest BCUT2D eigenvalue weighted by molar-refractivity contribution is -0.315. The molecule has 1 aromatic carbocycles. The quantitative estimate of drug-likeness (QED) is 0.759. The highest BCUT2D eigenvalue weighted by atomic mass is 16.4. The third-order valence-corrected chi connectivity index (χ3v) is 3.70. The number of aryl methyl sites for hydroxylation is 1.